The van der Waals surface area contributed by atoms with Gasteiger partial charge in [0, 0.05) is 23.6 Å². The van der Waals surface area contributed by atoms with E-state index in [0.717, 1.165) is 28.6 Å². The Morgan fingerprint density at radius 1 is 1.03 bits per heavy atom. The van der Waals surface area contributed by atoms with Crippen LogP contribution in [0.3, 0.4) is 0 Å². The maximum absolute atomic E-state index is 13.1. The van der Waals surface area contributed by atoms with E-state index in [1.165, 1.54) is 30.5 Å². The van der Waals surface area contributed by atoms with Gasteiger partial charge in [0.25, 0.3) is 10.1 Å². The van der Waals surface area contributed by atoms with E-state index in [0.29, 0.717) is 5.56 Å². The number of esters is 1. The summed E-state index contributed by atoms with van der Waals surface area (Å²) in [5.41, 5.74) is 2.53. The number of para-hydroxylation sites is 1. The quantitative estimate of drug-likeness (QED) is 0.114. The number of pyridine rings is 1. The van der Waals surface area contributed by atoms with Crippen LogP contribution in [0.5, 0.6) is 0 Å². The van der Waals surface area contributed by atoms with E-state index in [4.69, 9.17) is 13.8 Å². The number of hydrogen-bond acceptors (Lipinski definition) is 8. The average Bonchev–Trinajstić information content (AvgIpc) is 2.92. The molecule has 0 aliphatic carbocycles. The van der Waals surface area contributed by atoms with E-state index < -0.39 is 28.0 Å². The van der Waals surface area contributed by atoms with E-state index in [1.54, 1.807) is 18.3 Å². The monoisotopic (exact) mass is 536 g/mol. The van der Waals surface area contributed by atoms with Gasteiger partial charge in [0.1, 0.15) is 12.4 Å². The van der Waals surface area contributed by atoms with Crippen molar-refractivity contribution < 1.29 is 31.4 Å². The zero-order valence-corrected chi connectivity index (χ0v) is 21.3. The summed E-state index contributed by atoms with van der Waals surface area (Å²) < 4.78 is 48.9. The van der Waals surface area contributed by atoms with Crippen LogP contribution in [0.1, 0.15) is 27.9 Å². The number of nitrogens with zero attached hydrogens (tertiary/aromatic N) is 2. The zero-order chi connectivity index (χ0) is 27.0. The Morgan fingerprint density at radius 2 is 1.76 bits per heavy atom. The number of rotatable bonds is 11. The van der Waals surface area contributed by atoms with Gasteiger partial charge in [0.2, 0.25) is 0 Å². The summed E-state index contributed by atoms with van der Waals surface area (Å²) in [6.45, 7) is 1.37. The number of carbonyl (C=O) groups is 1. The molecule has 8 nitrogen and oxygen atoms in total. The molecule has 0 fully saturated rings. The van der Waals surface area contributed by atoms with E-state index >= 15 is 0 Å². The summed E-state index contributed by atoms with van der Waals surface area (Å²) in [6.07, 6.45) is 2.36. The number of aromatic nitrogens is 1. The van der Waals surface area contributed by atoms with Gasteiger partial charge >= 0.3 is 5.97 Å². The highest BCUT2D eigenvalue weighted by Gasteiger charge is 2.20. The van der Waals surface area contributed by atoms with Crippen LogP contribution in [0.25, 0.3) is 10.9 Å². The number of ether oxygens (including phenoxy) is 1. The fourth-order valence-corrected chi connectivity index (χ4v) is 4.40. The van der Waals surface area contributed by atoms with E-state index in [1.807, 2.05) is 37.3 Å². The van der Waals surface area contributed by atoms with Crippen LogP contribution in [-0.4, -0.2) is 44.9 Å². The molecule has 196 valence electrons. The summed E-state index contributed by atoms with van der Waals surface area (Å²) in [4.78, 5) is 22.2. The Hall–Kier alpha value is -4.15. The highest BCUT2D eigenvalue weighted by atomic mass is 32.2. The molecule has 3 aromatic carbocycles. The maximum Gasteiger partial charge on any atom is 0.338 e. The number of aryl methyl sites for hydroxylation is 1. The van der Waals surface area contributed by atoms with E-state index in [2.05, 4.69) is 10.1 Å². The molecule has 0 saturated carbocycles. The Bertz CT molecular complexity index is 1520. The second kappa shape index (κ2) is 12.4. The maximum atomic E-state index is 13.1. The second-order valence-electron chi connectivity index (χ2n) is 8.37. The van der Waals surface area contributed by atoms with Crippen LogP contribution >= 0.6 is 0 Å². The lowest BCUT2D eigenvalue weighted by Gasteiger charge is -2.15. The summed E-state index contributed by atoms with van der Waals surface area (Å²) in [5, 5.41) is 4.95. The van der Waals surface area contributed by atoms with Crippen molar-refractivity contribution in [3.63, 3.8) is 0 Å². The lowest BCUT2D eigenvalue weighted by molar-refractivity contribution is 0.00285. The molecule has 0 amide bonds. The number of fused-ring (bicyclic) bond motifs is 1. The first-order chi connectivity index (χ1) is 18.3. The molecule has 4 rings (SSSR count). The van der Waals surface area contributed by atoms with Crippen LogP contribution in [0.15, 0.2) is 95.1 Å². The number of carbonyl (C=O) groups excluding carboxylic acids is 1. The number of hydrogen-bond donors (Lipinski definition) is 0. The first-order valence-electron chi connectivity index (χ1n) is 11.7. The average molecular weight is 537 g/mol. The summed E-state index contributed by atoms with van der Waals surface area (Å²) in [5.74, 6) is -1.12. The predicted octanol–water partition coefficient (Wildman–Crippen LogP) is 5.05. The SMILES string of the molecule is Cc1ccc(S(=O)(=O)OCC(CCOC(=O)c2ccc(F)cc2)O/N=C/c2cccc3cccnc23)cc1. The van der Waals surface area contributed by atoms with Gasteiger partial charge < -0.3 is 9.57 Å². The number of oxime groups is 1. The van der Waals surface area contributed by atoms with Crippen molar-refractivity contribution in [2.24, 2.45) is 5.16 Å². The number of halogens is 1. The topological polar surface area (TPSA) is 104 Å². The second-order valence-corrected chi connectivity index (χ2v) is 9.98. The molecule has 0 saturated heterocycles. The van der Waals surface area contributed by atoms with Crippen molar-refractivity contribution >= 4 is 33.2 Å². The third kappa shape index (κ3) is 7.21. The smallest absolute Gasteiger partial charge is 0.338 e. The molecule has 1 unspecified atom stereocenters. The van der Waals surface area contributed by atoms with Crippen LogP contribution < -0.4 is 0 Å². The van der Waals surface area contributed by atoms with Gasteiger partial charge in [-0.2, -0.15) is 8.42 Å². The minimum absolute atomic E-state index is 0.00918. The molecule has 0 N–H and O–H groups in total. The Balaban J connectivity index is 1.43. The molecule has 10 heteroatoms. The molecule has 1 heterocycles. The highest BCUT2D eigenvalue weighted by Crippen LogP contribution is 2.17. The van der Waals surface area contributed by atoms with Gasteiger partial charge in [-0.3, -0.25) is 9.17 Å². The van der Waals surface area contributed by atoms with E-state index in [-0.39, 0.29) is 30.1 Å². The lowest BCUT2D eigenvalue weighted by atomic mass is 10.1. The third-order valence-corrected chi connectivity index (χ3v) is 6.83. The van der Waals surface area contributed by atoms with Gasteiger partial charge in [0.05, 0.1) is 28.8 Å². The van der Waals surface area contributed by atoms with Crippen LogP contribution in [-0.2, 0) is 23.9 Å². The first-order valence-corrected chi connectivity index (χ1v) is 13.1. The summed E-state index contributed by atoms with van der Waals surface area (Å²) >= 11 is 0. The van der Waals surface area contributed by atoms with Crippen molar-refractivity contribution in [3.05, 3.63) is 108 Å². The summed E-state index contributed by atoms with van der Waals surface area (Å²) in [6, 6.07) is 20.5. The molecule has 4 aromatic rings. The lowest BCUT2D eigenvalue weighted by Crippen LogP contribution is -2.23. The van der Waals surface area contributed by atoms with Crippen molar-refractivity contribution in [2.45, 2.75) is 24.3 Å². The van der Waals surface area contributed by atoms with Gasteiger partial charge in [-0.15, -0.1) is 0 Å². The normalized spacial score (nSPS) is 12.5. The first kappa shape index (κ1) is 26.9. The van der Waals surface area contributed by atoms with Crippen molar-refractivity contribution in [1.82, 2.24) is 4.98 Å². The number of benzene rings is 3. The molecule has 0 radical (unpaired) electrons. The molecule has 1 aromatic heterocycles. The Morgan fingerprint density at radius 3 is 2.53 bits per heavy atom. The molecule has 0 aliphatic rings. The van der Waals surface area contributed by atoms with Crippen molar-refractivity contribution in [1.29, 1.82) is 0 Å². The van der Waals surface area contributed by atoms with Crippen LogP contribution in [0.2, 0.25) is 0 Å². The third-order valence-electron chi connectivity index (χ3n) is 5.54. The minimum atomic E-state index is -4.05. The van der Waals surface area contributed by atoms with Crippen molar-refractivity contribution in [2.75, 3.05) is 13.2 Å². The van der Waals surface area contributed by atoms with E-state index in [9.17, 15) is 17.6 Å². The zero-order valence-electron chi connectivity index (χ0n) is 20.5. The Kier molecular flexibility index (Phi) is 8.77. The van der Waals surface area contributed by atoms with Gasteiger partial charge in [-0.25, -0.2) is 9.18 Å². The van der Waals surface area contributed by atoms with Crippen LogP contribution in [0, 0.1) is 12.7 Å². The fourth-order valence-electron chi connectivity index (χ4n) is 3.46. The van der Waals surface area contributed by atoms with Gasteiger partial charge in [-0.05, 0) is 49.4 Å². The highest BCUT2D eigenvalue weighted by molar-refractivity contribution is 7.86. The summed E-state index contributed by atoms with van der Waals surface area (Å²) in [7, 11) is -4.05. The van der Waals surface area contributed by atoms with Gasteiger partial charge in [0.15, 0.2) is 6.10 Å². The fraction of sp³-hybridized carbons (Fsp3) is 0.179. The standard InChI is InChI=1S/C28H25FN2O6S/c1-20-7-13-26(14-8-20)38(33,34)36-19-25(15-17-35-28(32)22-9-11-24(29)12-10-22)37-31-18-23-5-2-4-21-6-3-16-30-27(21)23/h2-14,16,18,25H,15,17,19H2,1H3/b31-18+. The molecule has 0 spiro atoms. The molecular weight excluding hydrogens is 511 g/mol. The molecule has 38 heavy (non-hydrogen) atoms. The van der Waals surface area contributed by atoms with Crippen molar-refractivity contribution in [3.8, 4) is 0 Å². The molecule has 0 aliphatic heterocycles. The van der Waals surface area contributed by atoms with Crippen LogP contribution in [0.4, 0.5) is 4.39 Å². The Labute approximate surface area is 219 Å². The minimum Gasteiger partial charge on any atom is -0.462 e. The predicted molar refractivity (Wildman–Crippen MR) is 140 cm³/mol. The van der Waals surface area contributed by atoms with Gasteiger partial charge in [-0.1, -0.05) is 47.1 Å². The largest absolute Gasteiger partial charge is 0.462 e. The molecule has 0 bridgehead atoms. The molecule has 1 atom stereocenters. The molecular formula is C28H25FN2O6S.